The van der Waals surface area contributed by atoms with Crippen molar-refractivity contribution in [2.24, 2.45) is 0 Å². The summed E-state index contributed by atoms with van der Waals surface area (Å²) in [6, 6.07) is 3.31. The van der Waals surface area contributed by atoms with Crippen LogP contribution in [0.4, 0.5) is 11.4 Å². The fourth-order valence-electron chi connectivity index (χ4n) is 3.67. The summed E-state index contributed by atoms with van der Waals surface area (Å²) in [6.07, 6.45) is 7.61. The highest BCUT2D eigenvalue weighted by Crippen LogP contribution is 2.35. The van der Waals surface area contributed by atoms with Gasteiger partial charge in [-0.05, 0) is 38.7 Å². The third-order valence-corrected chi connectivity index (χ3v) is 4.51. The number of nitrogens with one attached hydrogen (secondary N) is 1. The number of piperidine rings is 1. The van der Waals surface area contributed by atoms with E-state index in [1.54, 1.807) is 12.3 Å². The fraction of sp³-hybridized carbons (Fsp3) is 0.643. The van der Waals surface area contributed by atoms with Crippen LogP contribution in [0.15, 0.2) is 18.5 Å². The predicted octanol–water partition coefficient (Wildman–Crippen LogP) is 2.10. The van der Waals surface area contributed by atoms with E-state index in [4.69, 9.17) is 0 Å². The van der Waals surface area contributed by atoms with Crippen molar-refractivity contribution < 1.29 is 4.92 Å². The zero-order chi connectivity index (χ0) is 14.1. The van der Waals surface area contributed by atoms with E-state index in [1.165, 1.54) is 19.0 Å². The quantitative estimate of drug-likeness (QED) is 0.673. The largest absolute Gasteiger partial charge is 0.363 e. The summed E-state index contributed by atoms with van der Waals surface area (Å²) >= 11 is 0. The van der Waals surface area contributed by atoms with Gasteiger partial charge in [0.2, 0.25) is 0 Å². The molecule has 6 nitrogen and oxygen atoms in total. The Hall–Kier alpha value is -1.69. The molecule has 2 atom stereocenters. The number of aromatic nitrogens is 1. The molecule has 2 bridgehead atoms. The molecule has 6 heteroatoms. The molecule has 0 amide bonds. The van der Waals surface area contributed by atoms with Gasteiger partial charge in [-0.15, -0.1) is 0 Å². The molecular weight excluding hydrogens is 256 g/mol. The van der Waals surface area contributed by atoms with Crippen LogP contribution < -0.4 is 10.2 Å². The van der Waals surface area contributed by atoms with E-state index in [0.717, 1.165) is 19.4 Å². The Morgan fingerprint density at radius 2 is 2.15 bits per heavy atom. The molecule has 0 aromatic carbocycles. The molecule has 0 spiro atoms. The van der Waals surface area contributed by atoms with Gasteiger partial charge >= 0.3 is 5.69 Å². The summed E-state index contributed by atoms with van der Waals surface area (Å²) in [7, 11) is 0. The van der Waals surface area contributed by atoms with Crippen molar-refractivity contribution in [1.82, 2.24) is 10.3 Å². The fourth-order valence-corrected chi connectivity index (χ4v) is 3.67. The lowest BCUT2D eigenvalue weighted by Crippen LogP contribution is -2.48. The van der Waals surface area contributed by atoms with Crippen LogP contribution in [0.25, 0.3) is 0 Å². The van der Waals surface area contributed by atoms with Crippen LogP contribution in [0.2, 0.25) is 0 Å². The first kappa shape index (κ1) is 13.3. The number of rotatable bonds is 4. The minimum absolute atomic E-state index is 0.111. The molecule has 2 fully saturated rings. The molecule has 2 aliphatic rings. The average molecular weight is 276 g/mol. The highest BCUT2D eigenvalue weighted by molar-refractivity contribution is 5.62. The second-order valence-electron chi connectivity index (χ2n) is 5.67. The Morgan fingerprint density at radius 1 is 1.45 bits per heavy atom. The normalized spacial score (nSPS) is 28.4. The van der Waals surface area contributed by atoms with Crippen molar-refractivity contribution in [2.45, 2.75) is 50.7 Å². The second-order valence-corrected chi connectivity index (χ2v) is 5.67. The highest BCUT2D eigenvalue weighted by Gasteiger charge is 2.37. The van der Waals surface area contributed by atoms with Crippen LogP contribution in [-0.4, -0.2) is 34.6 Å². The Kier molecular flexibility index (Phi) is 3.56. The topological polar surface area (TPSA) is 71.3 Å². The average Bonchev–Trinajstić information content (AvgIpc) is 2.79. The van der Waals surface area contributed by atoms with Crippen molar-refractivity contribution in [2.75, 3.05) is 11.4 Å². The molecule has 108 valence electrons. The molecule has 1 aromatic rings. The van der Waals surface area contributed by atoms with Crippen LogP contribution in [0.3, 0.4) is 0 Å². The number of hydrogen-bond acceptors (Lipinski definition) is 5. The maximum Gasteiger partial charge on any atom is 0.310 e. The second kappa shape index (κ2) is 5.36. The molecule has 0 aliphatic carbocycles. The van der Waals surface area contributed by atoms with E-state index in [1.807, 2.05) is 0 Å². The van der Waals surface area contributed by atoms with Gasteiger partial charge in [0.1, 0.15) is 11.9 Å². The van der Waals surface area contributed by atoms with Crippen LogP contribution in [0.1, 0.15) is 32.6 Å². The Morgan fingerprint density at radius 3 is 2.75 bits per heavy atom. The van der Waals surface area contributed by atoms with Crippen LogP contribution >= 0.6 is 0 Å². The van der Waals surface area contributed by atoms with Gasteiger partial charge in [0.15, 0.2) is 0 Å². The molecule has 0 radical (unpaired) electrons. The van der Waals surface area contributed by atoms with Gasteiger partial charge in [-0.1, -0.05) is 0 Å². The zero-order valence-corrected chi connectivity index (χ0v) is 11.7. The maximum atomic E-state index is 11.2. The summed E-state index contributed by atoms with van der Waals surface area (Å²) in [5.74, 6) is 0. The van der Waals surface area contributed by atoms with Gasteiger partial charge < -0.3 is 10.2 Å². The summed E-state index contributed by atoms with van der Waals surface area (Å²) in [4.78, 5) is 16.9. The van der Waals surface area contributed by atoms with Crippen molar-refractivity contribution in [3.05, 3.63) is 28.6 Å². The third kappa shape index (κ3) is 2.35. The van der Waals surface area contributed by atoms with E-state index < -0.39 is 0 Å². The Labute approximate surface area is 118 Å². The minimum Gasteiger partial charge on any atom is -0.363 e. The van der Waals surface area contributed by atoms with Gasteiger partial charge in [-0.25, -0.2) is 0 Å². The number of nitro groups is 1. The first-order valence-corrected chi connectivity index (χ1v) is 7.30. The number of nitrogens with zero attached hydrogens (tertiary/aromatic N) is 3. The summed E-state index contributed by atoms with van der Waals surface area (Å²) < 4.78 is 0. The monoisotopic (exact) mass is 276 g/mol. The molecule has 1 N–H and O–H groups in total. The first-order chi connectivity index (χ1) is 9.69. The molecule has 3 rings (SSSR count). The number of fused-ring (bicyclic) bond motifs is 2. The summed E-state index contributed by atoms with van der Waals surface area (Å²) in [6.45, 7) is 2.85. The van der Waals surface area contributed by atoms with E-state index >= 15 is 0 Å². The maximum absolute atomic E-state index is 11.2. The number of anilines is 1. The van der Waals surface area contributed by atoms with Gasteiger partial charge in [0.25, 0.3) is 0 Å². The lowest BCUT2D eigenvalue weighted by molar-refractivity contribution is -0.384. The number of pyridine rings is 1. The molecule has 1 aromatic heterocycles. The Bertz CT molecular complexity index is 496. The van der Waals surface area contributed by atoms with Gasteiger partial charge in [-0.2, -0.15) is 0 Å². The van der Waals surface area contributed by atoms with E-state index in [9.17, 15) is 10.1 Å². The smallest absolute Gasteiger partial charge is 0.310 e. The predicted molar refractivity (Wildman–Crippen MR) is 76.9 cm³/mol. The van der Waals surface area contributed by atoms with Crippen LogP contribution in [-0.2, 0) is 0 Å². The SMILES string of the molecule is CCN(c1ccncc1[N+](=O)[O-])C1CC2CCC(C1)N2. The molecule has 0 saturated carbocycles. The van der Waals surface area contributed by atoms with E-state index in [0.29, 0.717) is 23.8 Å². The zero-order valence-electron chi connectivity index (χ0n) is 11.7. The molecular formula is C14H20N4O2. The van der Waals surface area contributed by atoms with Gasteiger partial charge in [0.05, 0.1) is 4.92 Å². The van der Waals surface area contributed by atoms with Crippen LogP contribution in [0, 0.1) is 10.1 Å². The molecule has 3 heterocycles. The van der Waals surface area contributed by atoms with Crippen molar-refractivity contribution in [1.29, 1.82) is 0 Å². The van der Waals surface area contributed by atoms with Crippen LogP contribution in [0.5, 0.6) is 0 Å². The highest BCUT2D eigenvalue weighted by atomic mass is 16.6. The van der Waals surface area contributed by atoms with E-state index in [-0.39, 0.29) is 10.6 Å². The van der Waals surface area contributed by atoms with Crippen molar-refractivity contribution >= 4 is 11.4 Å². The summed E-state index contributed by atoms with van der Waals surface area (Å²) in [5.41, 5.74) is 0.819. The first-order valence-electron chi connectivity index (χ1n) is 7.30. The van der Waals surface area contributed by atoms with E-state index in [2.05, 4.69) is 22.1 Å². The molecule has 2 aliphatic heterocycles. The third-order valence-electron chi connectivity index (χ3n) is 4.51. The van der Waals surface area contributed by atoms with Gasteiger partial charge in [0, 0.05) is 30.9 Å². The molecule has 20 heavy (non-hydrogen) atoms. The molecule has 2 unspecified atom stereocenters. The molecule has 2 saturated heterocycles. The summed E-state index contributed by atoms with van der Waals surface area (Å²) in [5, 5.41) is 14.8. The lowest BCUT2D eigenvalue weighted by Gasteiger charge is -2.38. The standard InChI is InChI=1S/C14H20N4O2/c1-2-17(12-7-10-3-4-11(8-12)16-10)13-5-6-15-9-14(13)18(19)20/h5-6,9-12,16H,2-4,7-8H2,1H3. The lowest BCUT2D eigenvalue weighted by atomic mass is 9.97. The number of hydrogen-bond donors (Lipinski definition) is 1. The minimum atomic E-state index is -0.333. The Balaban J connectivity index is 1.88. The van der Waals surface area contributed by atoms with Gasteiger partial charge in [-0.3, -0.25) is 15.1 Å². The van der Waals surface area contributed by atoms with Crippen molar-refractivity contribution in [3.63, 3.8) is 0 Å². The van der Waals surface area contributed by atoms with Crippen molar-refractivity contribution in [3.8, 4) is 0 Å².